The van der Waals surface area contributed by atoms with Crippen LogP contribution in [0.15, 0.2) is 29.3 Å². The number of fused-ring (bicyclic) bond motifs is 1. The number of anilines is 1. The van der Waals surface area contributed by atoms with Crippen LogP contribution in [0.25, 0.3) is 0 Å². The van der Waals surface area contributed by atoms with E-state index in [1.807, 2.05) is 0 Å². The van der Waals surface area contributed by atoms with Crippen molar-refractivity contribution in [1.29, 1.82) is 5.26 Å². The van der Waals surface area contributed by atoms with Crippen molar-refractivity contribution in [1.82, 2.24) is 4.98 Å². The summed E-state index contributed by atoms with van der Waals surface area (Å²) in [6.07, 6.45) is 2.56. The van der Waals surface area contributed by atoms with Crippen LogP contribution < -0.4 is 4.72 Å². The number of nitrogens with one attached hydrogen (secondary N) is 2. The van der Waals surface area contributed by atoms with Crippen LogP contribution in [0.2, 0.25) is 0 Å². The highest BCUT2D eigenvalue weighted by Gasteiger charge is 2.33. The summed E-state index contributed by atoms with van der Waals surface area (Å²) >= 11 is 0. The van der Waals surface area contributed by atoms with Crippen molar-refractivity contribution in [2.24, 2.45) is 0 Å². The van der Waals surface area contributed by atoms with Gasteiger partial charge < -0.3 is 10.1 Å². The predicted molar refractivity (Wildman–Crippen MR) is 85.4 cm³/mol. The number of hydrogen-bond acceptors (Lipinski definition) is 4. The Morgan fingerprint density at radius 3 is 2.88 bits per heavy atom. The Balaban J connectivity index is 1.93. The smallest absolute Gasteiger partial charge is 0.263 e. The van der Waals surface area contributed by atoms with Gasteiger partial charge in [0, 0.05) is 18.3 Å². The molecule has 2 aromatic rings. The van der Waals surface area contributed by atoms with Gasteiger partial charge in [-0.25, -0.2) is 12.8 Å². The van der Waals surface area contributed by atoms with Gasteiger partial charge >= 0.3 is 0 Å². The van der Waals surface area contributed by atoms with Crippen molar-refractivity contribution in [3.63, 3.8) is 0 Å². The number of aromatic nitrogens is 1. The van der Waals surface area contributed by atoms with Gasteiger partial charge in [0.2, 0.25) is 0 Å². The molecule has 0 spiro atoms. The highest BCUT2D eigenvalue weighted by Crippen LogP contribution is 2.33. The summed E-state index contributed by atoms with van der Waals surface area (Å²) in [5, 5.41) is 18.8. The summed E-state index contributed by atoms with van der Waals surface area (Å²) in [4.78, 5) is 2.94. The second-order valence-electron chi connectivity index (χ2n) is 6.20. The lowest BCUT2D eigenvalue weighted by molar-refractivity contribution is 0.0447. The number of aliphatic hydroxyl groups is 1. The third-order valence-electron chi connectivity index (χ3n) is 4.14. The number of nitriles is 1. The van der Waals surface area contributed by atoms with Crippen molar-refractivity contribution in [2.75, 3.05) is 4.72 Å². The molecule has 0 fully saturated rings. The summed E-state index contributed by atoms with van der Waals surface area (Å²) in [7, 11) is -3.98. The van der Waals surface area contributed by atoms with E-state index in [1.165, 1.54) is 18.3 Å². The average Bonchev–Trinajstić information content (AvgIpc) is 2.91. The van der Waals surface area contributed by atoms with Crippen LogP contribution in [0.3, 0.4) is 0 Å². The van der Waals surface area contributed by atoms with E-state index in [1.54, 1.807) is 13.0 Å². The molecule has 6 nitrogen and oxygen atoms in total. The minimum Gasteiger partial charge on any atom is -0.390 e. The number of rotatable bonds is 3. The largest absolute Gasteiger partial charge is 0.390 e. The van der Waals surface area contributed by atoms with Gasteiger partial charge in [-0.1, -0.05) is 0 Å². The molecule has 0 saturated heterocycles. The molecular weight excluding hydrogens is 333 g/mol. The van der Waals surface area contributed by atoms with Gasteiger partial charge in [0.1, 0.15) is 10.7 Å². The zero-order chi connectivity index (χ0) is 17.5. The van der Waals surface area contributed by atoms with Crippen molar-refractivity contribution in [3.05, 3.63) is 47.0 Å². The van der Waals surface area contributed by atoms with Gasteiger partial charge in [-0.3, -0.25) is 4.72 Å². The van der Waals surface area contributed by atoms with E-state index in [2.05, 4.69) is 9.71 Å². The second-order valence-corrected chi connectivity index (χ2v) is 7.85. The second kappa shape index (κ2) is 5.61. The number of hydrogen-bond donors (Lipinski definition) is 3. The highest BCUT2D eigenvalue weighted by atomic mass is 32.2. The molecule has 126 valence electrons. The lowest BCUT2D eigenvalue weighted by atomic mass is 9.85. The van der Waals surface area contributed by atoms with Crippen molar-refractivity contribution in [3.8, 4) is 6.07 Å². The monoisotopic (exact) mass is 349 g/mol. The van der Waals surface area contributed by atoms with Crippen molar-refractivity contribution < 1.29 is 17.9 Å². The van der Waals surface area contributed by atoms with Crippen molar-refractivity contribution in [2.45, 2.75) is 36.7 Å². The first-order valence-corrected chi connectivity index (χ1v) is 8.84. The van der Waals surface area contributed by atoms with Crippen LogP contribution in [0.5, 0.6) is 0 Å². The fraction of sp³-hybridized carbons (Fsp3) is 0.312. The Bertz CT molecular complexity index is 942. The molecule has 1 unspecified atom stereocenters. The van der Waals surface area contributed by atoms with Gasteiger partial charge in [0.15, 0.2) is 0 Å². The molecule has 1 aromatic carbocycles. The summed E-state index contributed by atoms with van der Waals surface area (Å²) < 4.78 is 41.3. The molecule has 1 aromatic heterocycles. The quantitative estimate of drug-likeness (QED) is 0.788. The van der Waals surface area contributed by atoms with Crippen LogP contribution in [-0.4, -0.2) is 24.1 Å². The minimum atomic E-state index is -3.98. The Hall–Kier alpha value is -2.37. The van der Waals surface area contributed by atoms with Crippen molar-refractivity contribution >= 4 is 15.7 Å². The molecule has 0 amide bonds. The zero-order valence-electron chi connectivity index (χ0n) is 12.9. The zero-order valence-corrected chi connectivity index (χ0v) is 13.7. The number of H-pyrrole nitrogens is 1. The lowest BCUT2D eigenvalue weighted by Gasteiger charge is -2.28. The minimum absolute atomic E-state index is 0.0526. The molecule has 0 saturated carbocycles. The molecule has 1 aliphatic rings. The van der Waals surface area contributed by atoms with E-state index in [4.69, 9.17) is 5.26 Å². The van der Waals surface area contributed by atoms with Crippen LogP contribution in [0.4, 0.5) is 10.1 Å². The maximum Gasteiger partial charge on any atom is 0.263 e. The van der Waals surface area contributed by atoms with Crippen LogP contribution in [-0.2, 0) is 22.9 Å². The van der Waals surface area contributed by atoms with Crippen LogP contribution in [0.1, 0.15) is 30.2 Å². The number of sulfonamides is 1. The van der Waals surface area contributed by atoms with E-state index in [9.17, 15) is 17.9 Å². The highest BCUT2D eigenvalue weighted by molar-refractivity contribution is 7.92. The molecule has 0 aliphatic heterocycles. The fourth-order valence-electron chi connectivity index (χ4n) is 2.88. The molecule has 0 bridgehead atoms. The molecule has 3 rings (SSSR count). The van der Waals surface area contributed by atoms with E-state index >= 15 is 0 Å². The maximum atomic E-state index is 13.9. The summed E-state index contributed by atoms with van der Waals surface area (Å²) in [5.41, 5.74) is 0.310. The lowest BCUT2D eigenvalue weighted by Crippen LogP contribution is -2.32. The van der Waals surface area contributed by atoms with Crippen LogP contribution >= 0.6 is 0 Å². The van der Waals surface area contributed by atoms with E-state index in [0.29, 0.717) is 30.5 Å². The fourth-order valence-corrected chi connectivity index (χ4v) is 4.21. The standard InChI is InChI=1S/C16H16FN3O3S/c1-16(21)5-4-11-14(7-16)19-9-15(11)24(22,23)20-13-3-2-10(8-18)6-12(13)17/h2-3,6,9,19-21H,4-5,7H2,1H3. The number of aromatic amines is 1. The SMILES string of the molecule is CC1(O)CCc2c(S(=O)(=O)Nc3ccc(C#N)cc3F)c[nH]c2C1. The van der Waals surface area contributed by atoms with Gasteiger partial charge in [0.25, 0.3) is 10.0 Å². The summed E-state index contributed by atoms with van der Waals surface area (Å²) in [6, 6.07) is 5.32. The topological polar surface area (TPSA) is 106 Å². The number of nitrogens with zero attached hydrogens (tertiary/aromatic N) is 1. The Morgan fingerprint density at radius 1 is 1.46 bits per heavy atom. The summed E-state index contributed by atoms with van der Waals surface area (Å²) in [6.45, 7) is 1.70. The molecule has 3 N–H and O–H groups in total. The van der Waals surface area contributed by atoms with E-state index in [0.717, 1.165) is 6.07 Å². The van der Waals surface area contributed by atoms with Gasteiger partial charge in [-0.15, -0.1) is 0 Å². The molecule has 1 aliphatic carbocycles. The average molecular weight is 349 g/mol. The maximum absolute atomic E-state index is 13.9. The van der Waals surface area contributed by atoms with Crippen LogP contribution in [0, 0.1) is 17.1 Å². The third-order valence-corrected chi connectivity index (χ3v) is 5.57. The Kier molecular flexibility index (Phi) is 3.86. The molecule has 1 heterocycles. The summed E-state index contributed by atoms with van der Waals surface area (Å²) in [5.74, 6) is -0.815. The third kappa shape index (κ3) is 3.00. The normalized spacial score (nSPS) is 20.2. The first-order chi connectivity index (χ1) is 11.2. The number of halogens is 1. The number of benzene rings is 1. The molecule has 0 radical (unpaired) electrons. The van der Waals surface area contributed by atoms with Gasteiger partial charge in [-0.2, -0.15) is 5.26 Å². The molecule has 1 atom stereocenters. The Morgan fingerprint density at radius 2 is 2.21 bits per heavy atom. The van der Waals surface area contributed by atoms with E-state index < -0.39 is 21.4 Å². The van der Waals surface area contributed by atoms with Gasteiger partial charge in [0.05, 0.1) is 22.9 Å². The van der Waals surface area contributed by atoms with E-state index in [-0.39, 0.29) is 16.1 Å². The molecule has 24 heavy (non-hydrogen) atoms. The molecule has 8 heteroatoms. The Labute approximate surface area is 139 Å². The van der Waals surface area contributed by atoms with Gasteiger partial charge in [-0.05, 0) is 43.5 Å². The first kappa shape index (κ1) is 16.5. The predicted octanol–water partition coefficient (Wildman–Crippen LogP) is 2.07. The molecular formula is C16H16FN3O3S. The first-order valence-electron chi connectivity index (χ1n) is 7.36.